The highest BCUT2D eigenvalue weighted by Crippen LogP contribution is 2.11. The number of phenolic OH excluding ortho intramolecular Hbond substituents is 1. The number of carbonyl (C=O) groups is 4. The van der Waals surface area contributed by atoms with Gasteiger partial charge in [-0.05, 0) is 29.7 Å². The highest BCUT2D eigenvalue weighted by Gasteiger charge is 2.28. The third-order valence-corrected chi connectivity index (χ3v) is 4.87. The van der Waals surface area contributed by atoms with Crippen molar-refractivity contribution < 1.29 is 34.5 Å². The number of phenols is 1. The fourth-order valence-corrected chi connectivity index (χ4v) is 3.07. The van der Waals surface area contributed by atoms with Gasteiger partial charge >= 0.3 is 5.97 Å². The van der Waals surface area contributed by atoms with E-state index >= 15 is 0 Å². The minimum Gasteiger partial charge on any atom is -0.508 e. The lowest BCUT2D eigenvalue weighted by Gasteiger charge is -2.23. The topological polar surface area (TPSA) is 191 Å². The van der Waals surface area contributed by atoms with Gasteiger partial charge in [-0.3, -0.25) is 19.2 Å². The van der Waals surface area contributed by atoms with E-state index in [0.29, 0.717) is 11.1 Å². The lowest BCUT2D eigenvalue weighted by Crippen LogP contribution is -2.57. The van der Waals surface area contributed by atoms with Gasteiger partial charge in [0.25, 0.3) is 0 Å². The Morgan fingerprint density at radius 3 is 1.97 bits per heavy atom. The summed E-state index contributed by atoms with van der Waals surface area (Å²) in [5.41, 5.74) is 7.29. The van der Waals surface area contributed by atoms with E-state index in [9.17, 15) is 29.4 Å². The summed E-state index contributed by atoms with van der Waals surface area (Å²) in [5, 5.41) is 34.8. The summed E-state index contributed by atoms with van der Waals surface area (Å²) in [6.07, 6.45) is 0.185. The molecule has 11 heteroatoms. The molecule has 8 N–H and O–H groups in total. The molecular weight excluding hydrogens is 444 g/mol. The van der Waals surface area contributed by atoms with Crippen molar-refractivity contribution in [1.29, 1.82) is 0 Å². The number of benzene rings is 2. The van der Waals surface area contributed by atoms with Gasteiger partial charge < -0.3 is 37.0 Å². The molecule has 0 spiro atoms. The Balaban J connectivity index is 2.03. The molecule has 11 nitrogen and oxygen atoms in total. The van der Waals surface area contributed by atoms with Crippen LogP contribution in [0.1, 0.15) is 11.1 Å². The fraction of sp³-hybridized carbons (Fsp3) is 0.304. The van der Waals surface area contributed by atoms with Crippen molar-refractivity contribution in [3.63, 3.8) is 0 Å². The van der Waals surface area contributed by atoms with Crippen molar-refractivity contribution >= 4 is 23.7 Å². The normalized spacial score (nSPS) is 13.2. The zero-order valence-corrected chi connectivity index (χ0v) is 18.3. The van der Waals surface area contributed by atoms with Gasteiger partial charge in [-0.25, -0.2) is 0 Å². The molecule has 2 aromatic rings. The first-order valence-corrected chi connectivity index (χ1v) is 10.5. The van der Waals surface area contributed by atoms with Gasteiger partial charge in [0.15, 0.2) is 0 Å². The molecule has 34 heavy (non-hydrogen) atoms. The number of aliphatic hydroxyl groups excluding tert-OH is 1. The predicted molar refractivity (Wildman–Crippen MR) is 122 cm³/mol. The van der Waals surface area contributed by atoms with Crippen LogP contribution in [0.3, 0.4) is 0 Å². The molecule has 0 aliphatic rings. The summed E-state index contributed by atoms with van der Waals surface area (Å²) >= 11 is 0. The number of carboxylic acids is 1. The number of nitrogens with one attached hydrogen (secondary N) is 3. The number of rotatable bonds is 12. The van der Waals surface area contributed by atoms with Gasteiger partial charge in [0.05, 0.1) is 12.6 Å². The maximum Gasteiger partial charge on any atom is 0.322 e. The number of amides is 3. The molecule has 2 aromatic carbocycles. The zero-order valence-electron chi connectivity index (χ0n) is 18.3. The van der Waals surface area contributed by atoms with E-state index in [-0.39, 0.29) is 18.6 Å². The molecular formula is C23H28N4O7. The molecule has 0 aliphatic carbocycles. The van der Waals surface area contributed by atoms with Gasteiger partial charge in [0, 0.05) is 6.42 Å². The van der Waals surface area contributed by atoms with Gasteiger partial charge in [0.2, 0.25) is 17.7 Å². The second kappa shape index (κ2) is 12.9. The van der Waals surface area contributed by atoms with E-state index < -0.39 is 55.0 Å². The van der Waals surface area contributed by atoms with Crippen LogP contribution < -0.4 is 21.7 Å². The van der Waals surface area contributed by atoms with Crippen LogP contribution in [-0.4, -0.2) is 70.3 Å². The quantitative estimate of drug-likeness (QED) is 0.197. The first-order chi connectivity index (χ1) is 16.2. The Morgan fingerprint density at radius 2 is 1.38 bits per heavy atom. The van der Waals surface area contributed by atoms with Gasteiger partial charge in [-0.15, -0.1) is 0 Å². The van der Waals surface area contributed by atoms with Gasteiger partial charge in [-0.2, -0.15) is 0 Å². The van der Waals surface area contributed by atoms with Crippen LogP contribution in [0.2, 0.25) is 0 Å². The molecule has 0 aromatic heterocycles. The molecule has 0 radical (unpaired) electrons. The molecule has 0 fully saturated rings. The second-order valence-electron chi connectivity index (χ2n) is 7.58. The van der Waals surface area contributed by atoms with Crippen LogP contribution in [-0.2, 0) is 32.0 Å². The summed E-state index contributed by atoms with van der Waals surface area (Å²) < 4.78 is 0. The lowest BCUT2D eigenvalue weighted by molar-refractivity contribution is -0.138. The Hall–Kier alpha value is -3.96. The SMILES string of the molecule is NC(Cc1ccc(O)cc1)C(=O)NC(CO)C(=O)NC(Cc1ccccc1)C(=O)NCC(=O)O. The highest BCUT2D eigenvalue weighted by atomic mass is 16.4. The number of carbonyl (C=O) groups excluding carboxylic acids is 3. The average Bonchev–Trinajstić information content (AvgIpc) is 2.82. The smallest absolute Gasteiger partial charge is 0.322 e. The number of nitrogens with two attached hydrogens (primary N) is 1. The number of aromatic hydroxyl groups is 1. The number of hydrogen-bond donors (Lipinski definition) is 7. The van der Waals surface area contributed by atoms with Crippen LogP contribution in [0.5, 0.6) is 5.75 Å². The maximum atomic E-state index is 12.7. The van der Waals surface area contributed by atoms with E-state index in [4.69, 9.17) is 10.8 Å². The Labute approximate surface area is 196 Å². The summed E-state index contributed by atoms with van der Waals surface area (Å²) in [6.45, 7) is -1.38. The number of aliphatic carboxylic acids is 1. The predicted octanol–water partition coefficient (Wildman–Crippen LogP) is -1.33. The second-order valence-corrected chi connectivity index (χ2v) is 7.58. The number of aliphatic hydroxyl groups is 1. The van der Waals surface area contributed by atoms with Crippen molar-refractivity contribution in [3.05, 3.63) is 65.7 Å². The van der Waals surface area contributed by atoms with Gasteiger partial charge in [-0.1, -0.05) is 42.5 Å². The average molecular weight is 472 g/mol. The largest absolute Gasteiger partial charge is 0.508 e. The number of hydrogen-bond acceptors (Lipinski definition) is 7. The summed E-state index contributed by atoms with van der Waals surface area (Å²) in [6, 6.07) is 11.3. The lowest BCUT2D eigenvalue weighted by atomic mass is 10.0. The van der Waals surface area contributed by atoms with E-state index in [1.54, 1.807) is 42.5 Å². The molecule has 3 atom stereocenters. The van der Waals surface area contributed by atoms with E-state index in [0.717, 1.165) is 0 Å². The van der Waals surface area contributed by atoms with E-state index in [1.165, 1.54) is 12.1 Å². The molecule has 0 saturated carbocycles. The van der Waals surface area contributed by atoms with Crippen LogP contribution in [0.15, 0.2) is 54.6 Å². The molecule has 0 bridgehead atoms. The Kier molecular flexibility index (Phi) is 9.99. The van der Waals surface area contributed by atoms with Crippen LogP contribution in [0.25, 0.3) is 0 Å². The van der Waals surface area contributed by atoms with Crippen molar-refractivity contribution in [2.45, 2.75) is 31.0 Å². The molecule has 2 rings (SSSR count). The number of carboxylic acid groups (broad SMARTS) is 1. The zero-order chi connectivity index (χ0) is 25.1. The van der Waals surface area contributed by atoms with Gasteiger partial charge in [0.1, 0.15) is 24.4 Å². The maximum absolute atomic E-state index is 12.7. The van der Waals surface area contributed by atoms with Crippen molar-refractivity contribution in [2.75, 3.05) is 13.2 Å². The van der Waals surface area contributed by atoms with E-state index in [2.05, 4.69) is 16.0 Å². The summed E-state index contributed by atoms with van der Waals surface area (Å²) in [5.74, 6) is -3.44. The van der Waals surface area contributed by atoms with E-state index in [1.807, 2.05) is 0 Å². The Morgan fingerprint density at radius 1 is 0.794 bits per heavy atom. The molecule has 3 unspecified atom stereocenters. The molecule has 0 heterocycles. The summed E-state index contributed by atoms with van der Waals surface area (Å²) in [4.78, 5) is 48.4. The van der Waals surface area contributed by atoms with Crippen LogP contribution in [0, 0.1) is 0 Å². The minimum absolute atomic E-state index is 0.0600. The third kappa shape index (κ3) is 8.52. The standard InChI is InChI=1S/C23H28N4O7/c24-17(10-15-6-8-16(29)9-7-15)21(32)27-19(13-28)23(34)26-18(22(33)25-12-20(30)31)11-14-4-2-1-3-5-14/h1-9,17-19,28-29H,10-13,24H2,(H,25,33)(H,26,34)(H,27,32)(H,30,31). The molecule has 0 aliphatic heterocycles. The summed E-state index contributed by atoms with van der Waals surface area (Å²) in [7, 11) is 0. The van der Waals surface area contributed by atoms with Crippen molar-refractivity contribution in [2.24, 2.45) is 5.73 Å². The van der Waals surface area contributed by atoms with Crippen molar-refractivity contribution in [1.82, 2.24) is 16.0 Å². The Bertz CT molecular complexity index is 983. The monoisotopic (exact) mass is 472 g/mol. The fourth-order valence-electron chi connectivity index (χ4n) is 3.07. The first-order valence-electron chi connectivity index (χ1n) is 10.5. The van der Waals surface area contributed by atoms with Crippen LogP contribution >= 0.6 is 0 Å². The first kappa shape index (κ1) is 26.3. The molecule has 3 amide bonds. The van der Waals surface area contributed by atoms with Crippen molar-refractivity contribution in [3.8, 4) is 5.75 Å². The molecule has 0 saturated heterocycles. The third-order valence-electron chi connectivity index (χ3n) is 4.87. The highest BCUT2D eigenvalue weighted by molar-refractivity contribution is 5.94. The minimum atomic E-state index is -1.39. The molecule has 182 valence electrons. The van der Waals surface area contributed by atoms with Crippen LogP contribution in [0.4, 0.5) is 0 Å².